The summed E-state index contributed by atoms with van der Waals surface area (Å²) in [5.74, 6) is -2.28. The van der Waals surface area contributed by atoms with Crippen LogP contribution in [0.1, 0.15) is 58.4 Å². The summed E-state index contributed by atoms with van der Waals surface area (Å²) in [5.41, 5.74) is 8.04. The number of carbonyl (C=O) groups is 5. The number of fused-ring (bicyclic) bond motifs is 1. The molecule has 2 aliphatic heterocycles. The summed E-state index contributed by atoms with van der Waals surface area (Å²) >= 11 is 0. The Morgan fingerprint density at radius 1 is 0.973 bits per heavy atom. The van der Waals surface area contributed by atoms with E-state index < -0.39 is 35.7 Å². The maximum atomic E-state index is 13.1. The number of benzene rings is 2. The van der Waals surface area contributed by atoms with Crippen LogP contribution in [0.3, 0.4) is 0 Å². The second-order valence-electron chi connectivity index (χ2n) is 9.25. The van der Waals surface area contributed by atoms with Crippen molar-refractivity contribution in [2.45, 2.75) is 50.6 Å². The topological polar surface area (TPSA) is 151 Å². The van der Waals surface area contributed by atoms with Crippen molar-refractivity contribution in [2.24, 2.45) is 5.73 Å². The molecule has 0 bridgehead atoms. The maximum Gasteiger partial charge on any atom is 0.264 e. The van der Waals surface area contributed by atoms with Gasteiger partial charge < -0.3 is 16.4 Å². The number of hydrogen-bond donors (Lipinski definition) is 4. The molecule has 5 amide bonds. The summed E-state index contributed by atoms with van der Waals surface area (Å²) in [6.45, 7) is 1.09. The van der Waals surface area contributed by atoms with Crippen molar-refractivity contribution in [3.05, 3.63) is 65.2 Å². The Kier molecular flexibility index (Phi) is 8.29. The molecule has 4 rings (SSSR count). The average Bonchev–Trinajstić information content (AvgIpc) is 3.14. The fraction of sp³-hybridized carbons (Fsp3) is 0.370. The number of anilines is 1. The van der Waals surface area contributed by atoms with E-state index in [4.69, 9.17) is 5.73 Å². The number of carbonyl (C=O) groups excluding carboxylic acids is 5. The number of amides is 5. The van der Waals surface area contributed by atoms with E-state index in [0.29, 0.717) is 25.2 Å². The molecule has 10 nitrogen and oxygen atoms in total. The number of imide groups is 2. The van der Waals surface area contributed by atoms with Crippen molar-refractivity contribution in [1.29, 1.82) is 0 Å². The van der Waals surface area contributed by atoms with Crippen molar-refractivity contribution < 1.29 is 24.0 Å². The molecule has 2 aromatic rings. The van der Waals surface area contributed by atoms with Gasteiger partial charge in [0.15, 0.2) is 0 Å². The van der Waals surface area contributed by atoms with Crippen LogP contribution in [0.2, 0.25) is 0 Å². The van der Waals surface area contributed by atoms with E-state index in [0.717, 1.165) is 29.7 Å². The molecular weight excluding hydrogens is 474 g/mol. The summed E-state index contributed by atoms with van der Waals surface area (Å²) in [7, 11) is 0. The minimum Gasteiger partial charge on any atom is -0.384 e. The fourth-order valence-corrected chi connectivity index (χ4v) is 4.62. The number of piperidine rings is 1. The molecule has 1 saturated heterocycles. The minimum atomic E-state index is -0.992. The zero-order valence-electron chi connectivity index (χ0n) is 20.5. The largest absolute Gasteiger partial charge is 0.384 e. The van der Waals surface area contributed by atoms with Crippen LogP contribution in [0.5, 0.6) is 0 Å². The summed E-state index contributed by atoms with van der Waals surface area (Å²) in [5, 5.41) is 8.29. The van der Waals surface area contributed by atoms with Gasteiger partial charge in [0.25, 0.3) is 11.8 Å². The minimum absolute atomic E-state index is 0.0777. The van der Waals surface area contributed by atoms with Gasteiger partial charge in [0.05, 0.1) is 17.2 Å². The highest BCUT2D eigenvalue weighted by atomic mass is 16.2. The summed E-state index contributed by atoms with van der Waals surface area (Å²) in [6, 6.07) is 13.0. The predicted octanol–water partition coefficient (Wildman–Crippen LogP) is 1.36. The van der Waals surface area contributed by atoms with E-state index in [2.05, 4.69) is 16.0 Å². The molecule has 0 saturated carbocycles. The highest BCUT2D eigenvalue weighted by Crippen LogP contribution is 2.32. The third-order valence-electron chi connectivity index (χ3n) is 6.57. The normalized spacial score (nSPS) is 17.9. The van der Waals surface area contributed by atoms with Gasteiger partial charge in [-0.1, -0.05) is 36.4 Å². The van der Waals surface area contributed by atoms with E-state index in [-0.39, 0.29) is 29.9 Å². The van der Waals surface area contributed by atoms with Gasteiger partial charge in [-0.25, -0.2) is 0 Å². The predicted molar refractivity (Wildman–Crippen MR) is 137 cm³/mol. The maximum absolute atomic E-state index is 13.1. The van der Waals surface area contributed by atoms with Crippen LogP contribution < -0.4 is 21.7 Å². The van der Waals surface area contributed by atoms with Crippen LogP contribution in [-0.4, -0.2) is 59.6 Å². The third-order valence-corrected chi connectivity index (χ3v) is 6.57. The second-order valence-corrected chi connectivity index (χ2v) is 9.25. The SMILES string of the molecule is N[C@@H](Cc1ccccc1)C(=O)NCCCCCNc1cccc2c1C(=O)N(C1CCC(=O)NC1=O)C2=O. The lowest BCUT2D eigenvalue weighted by atomic mass is 10.0. The number of unbranched alkanes of at least 4 members (excludes halogenated alkanes) is 2. The van der Waals surface area contributed by atoms with Gasteiger partial charge in [0.1, 0.15) is 6.04 Å². The summed E-state index contributed by atoms with van der Waals surface area (Å²) < 4.78 is 0. The van der Waals surface area contributed by atoms with Crippen LogP contribution in [0.15, 0.2) is 48.5 Å². The van der Waals surface area contributed by atoms with E-state index in [9.17, 15) is 24.0 Å². The zero-order chi connectivity index (χ0) is 26.4. The van der Waals surface area contributed by atoms with E-state index in [1.165, 1.54) is 0 Å². The second kappa shape index (κ2) is 11.8. The van der Waals surface area contributed by atoms with Crippen molar-refractivity contribution in [3.8, 4) is 0 Å². The van der Waals surface area contributed by atoms with Crippen molar-refractivity contribution in [2.75, 3.05) is 18.4 Å². The highest BCUT2D eigenvalue weighted by molar-refractivity contribution is 6.25. The van der Waals surface area contributed by atoms with E-state index >= 15 is 0 Å². The number of nitrogens with one attached hydrogen (secondary N) is 3. The highest BCUT2D eigenvalue weighted by Gasteiger charge is 2.45. The van der Waals surface area contributed by atoms with Gasteiger partial charge in [-0.2, -0.15) is 0 Å². The summed E-state index contributed by atoms with van der Waals surface area (Å²) in [6.07, 6.45) is 3.08. The Morgan fingerprint density at radius 3 is 2.49 bits per heavy atom. The van der Waals surface area contributed by atoms with Gasteiger partial charge in [-0.05, 0) is 49.8 Å². The third kappa shape index (κ3) is 6.03. The van der Waals surface area contributed by atoms with Gasteiger partial charge in [0.2, 0.25) is 17.7 Å². The number of rotatable bonds is 11. The molecule has 2 aliphatic rings. The molecule has 1 unspecified atom stereocenters. The van der Waals surface area contributed by atoms with Crippen molar-refractivity contribution >= 4 is 35.2 Å². The Labute approximate surface area is 215 Å². The average molecular weight is 506 g/mol. The molecule has 2 aromatic carbocycles. The molecule has 0 aliphatic carbocycles. The lowest BCUT2D eigenvalue weighted by molar-refractivity contribution is -0.136. The Balaban J connectivity index is 1.21. The molecule has 0 spiro atoms. The molecule has 37 heavy (non-hydrogen) atoms. The van der Waals surface area contributed by atoms with E-state index in [1.807, 2.05) is 30.3 Å². The molecule has 10 heteroatoms. The molecule has 2 heterocycles. The van der Waals surface area contributed by atoms with Crippen molar-refractivity contribution in [1.82, 2.24) is 15.5 Å². The number of nitrogens with two attached hydrogens (primary N) is 1. The Morgan fingerprint density at radius 2 is 1.73 bits per heavy atom. The number of hydrogen-bond acceptors (Lipinski definition) is 7. The Hall–Kier alpha value is -4.05. The van der Waals surface area contributed by atoms with Gasteiger partial charge in [-0.3, -0.25) is 34.2 Å². The Bertz CT molecular complexity index is 1200. The van der Waals surface area contributed by atoms with Crippen LogP contribution in [-0.2, 0) is 20.8 Å². The fourth-order valence-electron chi connectivity index (χ4n) is 4.62. The first-order valence-corrected chi connectivity index (χ1v) is 12.5. The quantitative estimate of drug-likeness (QED) is 0.266. The molecule has 1 fully saturated rings. The van der Waals surface area contributed by atoms with Crippen molar-refractivity contribution in [3.63, 3.8) is 0 Å². The van der Waals surface area contributed by atoms with Crippen LogP contribution in [0, 0.1) is 0 Å². The van der Waals surface area contributed by atoms with Crippen LogP contribution in [0.25, 0.3) is 0 Å². The van der Waals surface area contributed by atoms with Gasteiger partial charge in [0, 0.05) is 25.2 Å². The zero-order valence-corrected chi connectivity index (χ0v) is 20.5. The van der Waals surface area contributed by atoms with Crippen LogP contribution >= 0.6 is 0 Å². The standard InChI is InChI=1S/C27H31N5O5/c28-19(16-17-8-3-1-4-9-17)24(34)30-15-6-2-5-14-29-20-11-7-10-18-23(20)27(37)32(26(18)36)21-12-13-22(33)31-25(21)35/h1,3-4,7-11,19,21,29H,2,5-6,12-16,28H2,(H,30,34)(H,31,33,35)/t19-,21?/m0/s1. The van der Waals surface area contributed by atoms with Crippen LogP contribution in [0.4, 0.5) is 5.69 Å². The van der Waals surface area contributed by atoms with Gasteiger partial charge >= 0.3 is 0 Å². The first-order valence-electron chi connectivity index (χ1n) is 12.5. The first kappa shape index (κ1) is 26.0. The van der Waals surface area contributed by atoms with E-state index in [1.54, 1.807) is 18.2 Å². The lowest BCUT2D eigenvalue weighted by Crippen LogP contribution is -2.54. The molecule has 194 valence electrons. The summed E-state index contributed by atoms with van der Waals surface area (Å²) in [4.78, 5) is 62.9. The molecule has 2 atom stereocenters. The molecule has 0 radical (unpaired) electrons. The lowest BCUT2D eigenvalue weighted by Gasteiger charge is -2.27. The molecular formula is C27H31N5O5. The monoisotopic (exact) mass is 505 g/mol. The van der Waals surface area contributed by atoms with Gasteiger partial charge in [-0.15, -0.1) is 0 Å². The molecule has 5 N–H and O–H groups in total. The first-order chi connectivity index (χ1) is 17.9. The molecule has 0 aromatic heterocycles. The smallest absolute Gasteiger partial charge is 0.264 e. The number of nitrogens with zero attached hydrogens (tertiary/aromatic N) is 1.